The summed E-state index contributed by atoms with van der Waals surface area (Å²) in [5.41, 5.74) is 3.60. The largest absolute Gasteiger partial charge is 0.359 e. The van der Waals surface area contributed by atoms with Crippen LogP contribution in [0.4, 0.5) is 8.78 Å². The van der Waals surface area contributed by atoms with E-state index in [0.717, 1.165) is 35.1 Å². The number of allylic oxidation sites excluding steroid dienone is 1. The van der Waals surface area contributed by atoms with E-state index in [1.165, 1.54) is 6.08 Å². The molecule has 0 unspecified atom stereocenters. The van der Waals surface area contributed by atoms with Crippen LogP contribution >= 0.6 is 0 Å². The zero-order chi connectivity index (χ0) is 17.0. The third kappa shape index (κ3) is 3.92. The molecule has 1 aromatic carbocycles. The maximum atomic E-state index is 13.0. The lowest BCUT2D eigenvalue weighted by molar-refractivity contribution is -0.231. The Morgan fingerprint density at radius 3 is 2.38 bits per heavy atom. The van der Waals surface area contributed by atoms with E-state index >= 15 is 0 Å². The highest BCUT2D eigenvalue weighted by molar-refractivity contribution is 5.69. The Kier molecular flexibility index (Phi) is 4.81. The average molecular weight is 328 g/mol. The van der Waals surface area contributed by atoms with Gasteiger partial charge in [0.15, 0.2) is 5.82 Å². The maximum absolute atomic E-state index is 13.0. The summed E-state index contributed by atoms with van der Waals surface area (Å²) >= 11 is 0. The third-order valence-electron chi connectivity index (χ3n) is 3.88. The Morgan fingerprint density at radius 1 is 1.12 bits per heavy atom. The molecule has 24 heavy (non-hydrogen) atoms. The molecule has 0 radical (unpaired) electrons. The molecule has 1 aliphatic rings. The molecule has 0 fully saturated rings. The zero-order valence-corrected chi connectivity index (χ0v) is 13.2. The quantitative estimate of drug-likeness (QED) is 0.749. The molecular formula is C19H18F2N2O. The molecule has 2 heterocycles. The van der Waals surface area contributed by atoms with Crippen molar-refractivity contribution in [2.75, 3.05) is 6.61 Å². The Labute approximate surface area is 139 Å². The molecule has 0 bridgehead atoms. The molecule has 0 saturated heterocycles. The topological polar surface area (TPSA) is 35.0 Å². The number of ether oxygens (including phenoxy) is 1. The van der Waals surface area contributed by atoms with Gasteiger partial charge in [0.2, 0.25) is 0 Å². The predicted molar refractivity (Wildman–Crippen MR) is 89.5 cm³/mol. The van der Waals surface area contributed by atoms with Crippen LogP contribution in [0.2, 0.25) is 0 Å². The minimum absolute atomic E-state index is 0.0825. The van der Waals surface area contributed by atoms with Gasteiger partial charge < -0.3 is 4.74 Å². The lowest BCUT2D eigenvalue weighted by atomic mass is 10.0. The molecule has 0 N–H and O–H groups in total. The van der Waals surface area contributed by atoms with E-state index in [0.29, 0.717) is 5.82 Å². The van der Waals surface area contributed by atoms with Gasteiger partial charge in [-0.3, -0.25) is 0 Å². The maximum Gasteiger partial charge on any atom is 0.359 e. The number of rotatable bonds is 5. The summed E-state index contributed by atoms with van der Waals surface area (Å²) in [7, 11) is 0. The van der Waals surface area contributed by atoms with Crippen LogP contribution in [0.3, 0.4) is 0 Å². The third-order valence-corrected chi connectivity index (χ3v) is 3.88. The van der Waals surface area contributed by atoms with Crippen LogP contribution in [0.1, 0.15) is 24.0 Å². The van der Waals surface area contributed by atoms with Crippen molar-refractivity contribution in [3.05, 3.63) is 66.5 Å². The van der Waals surface area contributed by atoms with Crippen molar-refractivity contribution in [2.45, 2.75) is 25.4 Å². The number of benzene rings is 1. The normalized spacial score (nSPS) is 16.5. The highest BCUT2D eigenvalue weighted by Crippen LogP contribution is 2.31. The van der Waals surface area contributed by atoms with E-state index in [9.17, 15) is 8.78 Å². The average Bonchev–Trinajstić information content (AvgIpc) is 2.61. The highest BCUT2D eigenvalue weighted by atomic mass is 19.3. The smallest absolute Gasteiger partial charge is 0.315 e. The highest BCUT2D eigenvalue weighted by Gasteiger charge is 2.32. The second-order valence-electron chi connectivity index (χ2n) is 5.68. The molecule has 124 valence electrons. The van der Waals surface area contributed by atoms with E-state index in [-0.39, 0.29) is 13.0 Å². The molecule has 3 rings (SSSR count). The van der Waals surface area contributed by atoms with Gasteiger partial charge >= 0.3 is 6.11 Å². The van der Waals surface area contributed by atoms with Crippen molar-refractivity contribution >= 4 is 5.57 Å². The lowest BCUT2D eigenvalue weighted by Gasteiger charge is -2.22. The summed E-state index contributed by atoms with van der Waals surface area (Å²) in [6, 6.07) is 7.54. The standard InChI is InChI=1S/C19H18F2N2O/c1-2-3-4-14-11-22-18(23-12-14)16-7-5-15(6-8-16)17-9-10-19(20,21)24-13-17/h2,5-9,11-12H,1,3-4,10,13H2. The second kappa shape index (κ2) is 7.01. The fourth-order valence-corrected chi connectivity index (χ4v) is 2.48. The van der Waals surface area contributed by atoms with Gasteiger partial charge in [-0.25, -0.2) is 9.97 Å². The number of hydrogen-bond acceptors (Lipinski definition) is 3. The molecule has 0 aliphatic carbocycles. The van der Waals surface area contributed by atoms with Crippen molar-refractivity contribution in [3.8, 4) is 11.4 Å². The Bertz CT molecular complexity index is 737. The predicted octanol–water partition coefficient (Wildman–Crippen LogP) is 4.66. The van der Waals surface area contributed by atoms with Gasteiger partial charge in [0.25, 0.3) is 0 Å². The van der Waals surface area contributed by atoms with Crippen LogP contribution in [0.25, 0.3) is 17.0 Å². The van der Waals surface area contributed by atoms with Crippen molar-refractivity contribution in [1.29, 1.82) is 0 Å². The first-order valence-electron chi connectivity index (χ1n) is 7.81. The Balaban J connectivity index is 1.73. The number of aryl methyl sites for hydroxylation is 1. The van der Waals surface area contributed by atoms with Gasteiger partial charge in [-0.15, -0.1) is 6.58 Å². The van der Waals surface area contributed by atoms with Crippen LogP contribution in [0.5, 0.6) is 0 Å². The molecule has 1 aromatic heterocycles. The lowest BCUT2D eigenvalue weighted by Crippen LogP contribution is -2.24. The van der Waals surface area contributed by atoms with Gasteiger partial charge in [0.05, 0.1) is 13.0 Å². The number of halogens is 2. The van der Waals surface area contributed by atoms with Gasteiger partial charge in [0, 0.05) is 18.0 Å². The van der Waals surface area contributed by atoms with Crippen molar-refractivity contribution in [1.82, 2.24) is 9.97 Å². The summed E-state index contributed by atoms with van der Waals surface area (Å²) in [5.74, 6) is 0.643. The van der Waals surface area contributed by atoms with Crippen molar-refractivity contribution in [3.63, 3.8) is 0 Å². The van der Waals surface area contributed by atoms with E-state index < -0.39 is 6.11 Å². The van der Waals surface area contributed by atoms with Crippen LogP contribution in [0, 0.1) is 0 Å². The second-order valence-corrected chi connectivity index (χ2v) is 5.68. The Morgan fingerprint density at radius 2 is 1.79 bits per heavy atom. The Hall–Kier alpha value is -2.40. The van der Waals surface area contributed by atoms with E-state index in [1.54, 1.807) is 0 Å². The summed E-state index contributed by atoms with van der Waals surface area (Å²) in [6.07, 6.45) is 5.37. The summed E-state index contributed by atoms with van der Waals surface area (Å²) in [5, 5.41) is 0. The van der Waals surface area contributed by atoms with Crippen LogP contribution < -0.4 is 0 Å². The van der Waals surface area contributed by atoms with E-state index in [4.69, 9.17) is 0 Å². The number of alkyl halides is 2. The number of nitrogens with zero attached hydrogens (tertiary/aromatic N) is 2. The van der Waals surface area contributed by atoms with E-state index in [2.05, 4.69) is 21.3 Å². The molecule has 1 aliphatic heterocycles. The van der Waals surface area contributed by atoms with Crippen molar-refractivity contribution in [2.24, 2.45) is 0 Å². The molecule has 0 saturated carbocycles. The molecule has 3 nitrogen and oxygen atoms in total. The molecule has 5 heteroatoms. The molecule has 0 spiro atoms. The summed E-state index contributed by atoms with van der Waals surface area (Å²) < 4.78 is 30.6. The minimum Gasteiger partial charge on any atom is -0.315 e. The van der Waals surface area contributed by atoms with Gasteiger partial charge in [-0.2, -0.15) is 8.78 Å². The fourth-order valence-electron chi connectivity index (χ4n) is 2.48. The van der Waals surface area contributed by atoms with Crippen LogP contribution in [-0.4, -0.2) is 22.7 Å². The van der Waals surface area contributed by atoms with Gasteiger partial charge in [-0.1, -0.05) is 36.4 Å². The molecule has 0 amide bonds. The fraction of sp³-hybridized carbons (Fsp3) is 0.263. The molecule has 2 aromatic rings. The number of hydrogen-bond donors (Lipinski definition) is 0. The first-order valence-corrected chi connectivity index (χ1v) is 7.81. The summed E-state index contributed by atoms with van der Waals surface area (Å²) in [6.45, 7) is 3.62. The molecular weight excluding hydrogens is 310 g/mol. The zero-order valence-electron chi connectivity index (χ0n) is 13.2. The first-order chi connectivity index (χ1) is 11.6. The first kappa shape index (κ1) is 16.5. The van der Waals surface area contributed by atoms with Crippen LogP contribution in [0.15, 0.2) is 55.4 Å². The van der Waals surface area contributed by atoms with Gasteiger partial charge in [0.1, 0.15) is 0 Å². The SMILES string of the molecule is C=CCCc1cnc(-c2ccc(C3=CCC(F)(F)OC3)cc2)nc1. The molecule has 0 atom stereocenters. The van der Waals surface area contributed by atoms with Crippen molar-refractivity contribution < 1.29 is 13.5 Å². The van der Waals surface area contributed by atoms with E-state index in [1.807, 2.05) is 42.7 Å². The van der Waals surface area contributed by atoms with Crippen LogP contribution in [-0.2, 0) is 11.2 Å². The number of aromatic nitrogens is 2. The minimum atomic E-state index is -3.05. The monoisotopic (exact) mass is 328 g/mol. The van der Waals surface area contributed by atoms with Gasteiger partial charge in [-0.05, 0) is 29.5 Å². The summed E-state index contributed by atoms with van der Waals surface area (Å²) in [4.78, 5) is 8.76.